The fourth-order valence-corrected chi connectivity index (χ4v) is 4.80. The van der Waals surface area contributed by atoms with E-state index in [0.29, 0.717) is 52.6 Å². The van der Waals surface area contributed by atoms with Crippen molar-refractivity contribution in [3.05, 3.63) is 56.5 Å². The summed E-state index contributed by atoms with van der Waals surface area (Å²) in [7, 11) is 0. The fourth-order valence-electron chi connectivity index (χ4n) is 3.79. The zero-order valence-electron chi connectivity index (χ0n) is 18.4. The average Bonchev–Trinajstić information content (AvgIpc) is 3.03. The van der Waals surface area contributed by atoms with Gasteiger partial charge < -0.3 is 18.8 Å². The van der Waals surface area contributed by atoms with Crippen molar-refractivity contribution in [1.82, 2.24) is 14.3 Å². The van der Waals surface area contributed by atoms with Crippen LogP contribution in [0.2, 0.25) is 10.0 Å². The number of rotatable bonds is 3. The normalized spacial score (nSPS) is 16.9. The highest BCUT2D eigenvalue weighted by Gasteiger charge is 2.30. The molecule has 1 amide bonds. The van der Waals surface area contributed by atoms with E-state index in [2.05, 4.69) is 20.9 Å². The van der Waals surface area contributed by atoms with Gasteiger partial charge in [-0.05, 0) is 39.0 Å². The van der Waals surface area contributed by atoms with E-state index >= 15 is 0 Å². The van der Waals surface area contributed by atoms with Crippen molar-refractivity contribution >= 4 is 50.9 Å². The maximum atomic E-state index is 15.0. The lowest BCUT2D eigenvalue weighted by molar-refractivity contribution is -0.0418. The van der Waals surface area contributed by atoms with Gasteiger partial charge in [-0.25, -0.2) is 14.2 Å². The smallest absolute Gasteiger partial charge is 0.410 e. The van der Waals surface area contributed by atoms with Crippen LogP contribution in [0.4, 0.5) is 9.18 Å². The molecule has 0 aliphatic carbocycles. The molecule has 1 aliphatic heterocycles. The Hall–Kier alpha value is -1.87. The first-order valence-electron chi connectivity index (χ1n) is 10.4. The number of halogens is 4. The number of amides is 1. The quantitative estimate of drug-likeness (QED) is 0.374. The lowest BCUT2D eigenvalue weighted by Crippen LogP contribution is -2.48. The highest BCUT2D eigenvalue weighted by atomic mass is 79.9. The molecule has 1 saturated heterocycles. The van der Waals surface area contributed by atoms with Crippen LogP contribution in [0.3, 0.4) is 0 Å². The fraction of sp³-hybridized carbons (Fsp3) is 0.391. The second kappa shape index (κ2) is 9.41. The van der Waals surface area contributed by atoms with Gasteiger partial charge in [0.25, 0.3) is 0 Å². The summed E-state index contributed by atoms with van der Waals surface area (Å²) in [6.07, 6.45) is 1.44. The first-order valence-corrected chi connectivity index (χ1v) is 12.0. The number of aromatic nitrogens is 2. The van der Waals surface area contributed by atoms with Gasteiger partial charge in [0.05, 0.1) is 41.2 Å². The number of hydrogen-bond acceptors (Lipinski definition) is 4. The summed E-state index contributed by atoms with van der Waals surface area (Å²) in [4.78, 5) is 18.8. The molecule has 3 heterocycles. The molecule has 6 nitrogen and oxygen atoms in total. The SMILES string of the molecule is CC(C)(C)OC(=O)N1CCO[C@@H](Cc2c(-c3c(F)cc(Br)cc3Cl)nc3cc(Cl)ccn23)C1. The second-order valence-corrected chi connectivity index (χ2v) is 10.6. The number of carbonyl (C=O) groups is 1. The van der Waals surface area contributed by atoms with E-state index < -0.39 is 11.4 Å². The van der Waals surface area contributed by atoms with Crippen molar-refractivity contribution in [3.8, 4) is 11.3 Å². The lowest BCUT2D eigenvalue weighted by Gasteiger charge is -2.34. The van der Waals surface area contributed by atoms with Crippen molar-refractivity contribution in [1.29, 1.82) is 0 Å². The van der Waals surface area contributed by atoms with E-state index in [1.54, 1.807) is 29.3 Å². The number of morpholine rings is 1. The topological polar surface area (TPSA) is 56.1 Å². The minimum atomic E-state index is -0.588. The Bertz CT molecular complexity index is 1190. The molecule has 1 aliphatic rings. The molecule has 0 saturated carbocycles. The number of nitrogens with zero attached hydrogens (tertiary/aromatic N) is 3. The van der Waals surface area contributed by atoms with Gasteiger partial charge in [0.15, 0.2) is 0 Å². The third-order valence-electron chi connectivity index (χ3n) is 5.14. The maximum absolute atomic E-state index is 15.0. The number of hydrogen-bond donors (Lipinski definition) is 0. The lowest BCUT2D eigenvalue weighted by atomic mass is 10.0. The Morgan fingerprint density at radius 1 is 1.33 bits per heavy atom. The highest BCUT2D eigenvalue weighted by molar-refractivity contribution is 9.10. The van der Waals surface area contributed by atoms with E-state index in [1.165, 1.54) is 6.07 Å². The van der Waals surface area contributed by atoms with Crippen molar-refractivity contribution in [2.24, 2.45) is 0 Å². The first-order chi connectivity index (χ1) is 15.5. The van der Waals surface area contributed by atoms with Gasteiger partial charge in [0, 0.05) is 34.7 Å². The second-order valence-electron chi connectivity index (χ2n) is 8.85. The Kier molecular flexibility index (Phi) is 6.92. The minimum Gasteiger partial charge on any atom is -0.444 e. The zero-order chi connectivity index (χ0) is 23.9. The predicted octanol–water partition coefficient (Wildman–Crippen LogP) is 6.39. The van der Waals surface area contributed by atoms with Crippen LogP contribution in [0.5, 0.6) is 0 Å². The van der Waals surface area contributed by atoms with Gasteiger partial charge in [-0.3, -0.25) is 0 Å². The summed E-state index contributed by atoms with van der Waals surface area (Å²) in [6.45, 7) is 6.63. The van der Waals surface area contributed by atoms with Gasteiger partial charge >= 0.3 is 6.09 Å². The van der Waals surface area contributed by atoms with Crippen LogP contribution in [-0.4, -0.2) is 51.8 Å². The summed E-state index contributed by atoms with van der Waals surface area (Å²) in [5.41, 5.74) is 1.29. The molecular weight excluding hydrogens is 536 g/mol. The van der Waals surface area contributed by atoms with Gasteiger partial charge in [-0.1, -0.05) is 39.1 Å². The first kappa shape index (κ1) is 24.3. The summed E-state index contributed by atoms with van der Waals surface area (Å²) in [5.74, 6) is -0.495. The van der Waals surface area contributed by atoms with Gasteiger partial charge in [-0.2, -0.15) is 0 Å². The minimum absolute atomic E-state index is 0.203. The van der Waals surface area contributed by atoms with E-state index in [9.17, 15) is 9.18 Å². The van der Waals surface area contributed by atoms with Crippen LogP contribution in [0.1, 0.15) is 26.5 Å². The molecule has 33 heavy (non-hydrogen) atoms. The van der Waals surface area contributed by atoms with E-state index in [1.807, 2.05) is 25.2 Å². The van der Waals surface area contributed by atoms with Gasteiger partial charge in [0.2, 0.25) is 0 Å². The summed E-state index contributed by atoms with van der Waals surface area (Å²) in [5, 5.41) is 0.746. The molecular formula is C23H23BrCl2FN3O3. The molecule has 4 rings (SSSR count). The Labute approximate surface area is 209 Å². The van der Waals surface area contributed by atoms with Crippen LogP contribution in [0.15, 0.2) is 34.9 Å². The molecule has 0 unspecified atom stereocenters. The van der Waals surface area contributed by atoms with Crippen molar-refractivity contribution in [2.45, 2.75) is 38.9 Å². The number of fused-ring (bicyclic) bond motifs is 1. The third kappa shape index (κ3) is 5.45. The van der Waals surface area contributed by atoms with Crippen LogP contribution >= 0.6 is 39.1 Å². The predicted molar refractivity (Wildman–Crippen MR) is 130 cm³/mol. The van der Waals surface area contributed by atoms with Crippen molar-refractivity contribution < 1.29 is 18.7 Å². The summed E-state index contributed by atoms with van der Waals surface area (Å²) in [6, 6.07) is 6.41. The molecule has 3 aromatic rings. The van der Waals surface area contributed by atoms with Gasteiger partial charge in [0.1, 0.15) is 17.1 Å². The third-order valence-corrected chi connectivity index (χ3v) is 6.13. The molecule has 176 valence electrons. The molecule has 0 radical (unpaired) electrons. The maximum Gasteiger partial charge on any atom is 0.410 e. The monoisotopic (exact) mass is 557 g/mol. The van der Waals surface area contributed by atoms with Crippen LogP contribution in [-0.2, 0) is 15.9 Å². The Morgan fingerprint density at radius 3 is 2.79 bits per heavy atom. The summed E-state index contributed by atoms with van der Waals surface area (Å²) >= 11 is 15.9. The zero-order valence-corrected chi connectivity index (χ0v) is 21.5. The molecule has 0 bridgehead atoms. The van der Waals surface area contributed by atoms with Crippen LogP contribution in [0, 0.1) is 5.82 Å². The van der Waals surface area contributed by atoms with Gasteiger partial charge in [-0.15, -0.1) is 0 Å². The molecule has 1 atom stereocenters. The van der Waals surface area contributed by atoms with Crippen LogP contribution < -0.4 is 0 Å². The van der Waals surface area contributed by atoms with Crippen molar-refractivity contribution in [3.63, 3.8) is 0 Å². The standard InChI is InChI=1S/C23H23BrCl2FN3O3/c1-23(2,3)33-22(31)29-6-7-32-15(12-29)11-18-21(20-16(26)8-13(24)9-17(20)27)28-19-10-14(25)4-5-30(18)19/h4-5,8-10,15H,6-7,11-12H2,1-3H3/t15-/m0/s1. The molecule has 2 aromatic heterocycles. The van der Waals surface area contributed by atoms with Crippen molar-refractivity contribution in [2.75, 3.05) is 19.7 Å². The largest absolute Gasteiger partial charge is 0.444 e. The van der Waals surface area contributed by atoms with Crippen LogP contribution in [0.25, 0.3) is 16.9 Å². The van der Waals surface area contributed by atoms with E-state index in [4.69, 9.17) is 32.7 Å². The highest BCUT2D eigenvalue weighted by Crippen LogP contribution is 2.36. The number of carbonyl (C=O) groups excluding carboxylic acids is 1. The number of pyridine rings is 1. The molecule has 0 N–H and O–H groups in total. The number of ether oxygens (including phenoxy) is 2. The molecule has 0 spiro atoms. The van der Waals surface area contributed by atoms with E-state index in [0.717, 1.165) is 0 Å². The average molecular weight is 559 g/mol. The number of benzene rings is 1. The number of imidazole rings is 1. The molecule has 1 aromatic carbocycles. The molecule has 1 fully saturated rings. The Morgan fingerprint density at radius 2 is 2.09 bits per heavy atom. The van der Waals surface area contributed by atoms with E-state index in [-0.39, 0.29) is 22.8 Å². The summed E-state index contributed by atoms with van der Waals surface area (Å²) < 4.78 is 28.8. The molecule has 10 heteroatoms. The Balaban J connectivity index is 1.70.